The smallest absolute Gasteiger partial charge is 0.330 e. The summed E-state index contributed by atoms with van der Waals surface area (Å²) in [4.78, 5) is 21.1. The second-order valence-electron chi connectivity index (χ2n) is 2.66. The molecule has 0 aromatic rings. The van der Waals surface area contributed by atoms with Crippen molar-refractivity contribution in [2.45, 2.75) is 26.3 Å². The van der Waals surface area contributed by atoms with Crippen LogP contribution in [-0.4, -0.2) is 26.9 Å². The SMILES string of the molecule is CC(=O)N(Cl)C(C)(C)C(=O)O. The molecule has 0 rings (SSSR count). The van der Waals surface area contributed by atoms with Gasteiger partial charge < -0.3 is 5.11 Å². The summed E-state index contributed by atoms with van der Waals surface area (Å²) in [6.07, 6.45) is 0. The van der Waals surface area contributed by atoms with Crippen molar-refractivity contribution in [2.24, 2.45) is 0 Å². The predicted octanol–water partition coefficient (Wildman–Crippen LogP) is 0.852. The van der Waals surface area contributed by atoms with E-state index >= 15 is 0 Å². The van der Waals surface area contributed by atoms with Crippen LogP contribution in [0.25, 0.3) is 0 Å². The van der Waals surface area contributed by atoms with Crippen LogP contribution in [0, 0.1) is 0 Å². The molecule has 0 saturated carbocycles. The number of amides is 1. The fraction of sp³-hybridized carbons (Fsp3) is 0.667. The molecule has 0 aromatic carbocycles. The molecule has 0 aliphatic heterocycles. The minimum absolute atomic E-state index is 0.487. The average molecular weight is 180 g/mol. The van der Waals surface area contributed by atoms with Gasteiger partial charge in [-0.3, -0.25) is 4.79 Å². The summed E-state index contributed by atoms with van der Waals surface area (Å²) < 4.78 is 0.662. The highest BCUT2D eigenvalue weighted by molar-refractivity contribution is 6.23. The Kier molecular flexibility index (Phi) is 2.87. The maximum Gasteiger partial charge on any atom is 0.330 e. The first-order chi connectivity index (χ1) is 4.80. The Bertz CT molecular complexity index is 190. The molecule has 0 fully saturated rings. The number of carbonyl (C=O) groups excluding carboxylic acids is 1. The van der Waals surface area contributed by atoms with Crippen LogP contribution < -0.4 is 0 Å². The first-order valence-corrected chi connectivity index (χ1v) is 3.34. The molecule has 4 nitrogen and oxygen atoms in total. The van der Waals surface area contributed by atoms with Crippen LogP contribution in [0.1, 0.15) is 20.8 Å². The summed E-state index contributed by atoms with van der Waals surface area (Å²) in [6.45, 7) is 3.91. The second kappa shape index (κ2) is 3.09. The van der Waals surface area contributed by atoms with Crippen molar-refractivity contribution in [3.8, 4) is 0 Å². The van der Waals surface area contributed by atoms with E-state index in [1.165, 1.54) is 20.8 Å². The molecule has 0 saturated heterocycles. The lowest BCUT2D eigenvalue weighted by molar-refractivity contribution is -0.150. The van der Waals surface area contributed by atoms with Gasteiger partial charge in [0.05, 0.1) is 0 Å². The summed E-state index contributed by atoms with van der Waals surface area (Å²) in [6, 6.07) is 0. The summed E-state index contributed by atoms with van der Waals surface area (Å²) in [5.41, 5.74) is -1.35. The number of nitrogens with zero attached hydrogens (tertiary/aromatic N) is 1. The van der Waals surface area contributed by atoms with Gasteiger partial charge in [-0.1, -0.05) is 0 Å². The van der Waals surface area contributed by atoms with Crippen molar-refractivity contribution in [1.82, 2.24) is 4.42 Å². The molecule has 0 aliphatic rings. The topological polar surface area (TPSA) is 57.6 Å². The van der Waals surface area contributed by atoms with Gasteiger partial charge in [0.25, 0.3) is 0 Å². The molecular formula is C6H10ClNO3. The number of hydrogen-bond acceptors (Lipinski definition) is 2. The first-order valence-electron chi connectivity index (χ1n) is 3.00. The molecule has 0 aromatic heterocycles. The zero-order valence-electron chi connectivity index (χ0n) is 6.59. The third-order valence-electron chi connectivity index (χ3n) is 1.29. The molecule has 0 heterocycles. The van der Waals surface area contributed by atoms with Crippen LogP contribution in [0.4, 0.5) is 0 Å². The third-order valence-corrected chi connectivity index (χ3v) is 1.95. The highest BCUT2D eigenvalue weighted by Crippen LogP contribution is 2.16. The molecule has 1 amide bonds. The largest absolute Gasteiger partial charge is 0.479 e. The van der Waals surface area contributed by atoms with Crippen LogP contribution in [0.2, 0.25) is 0 Å². The molecule has 0 unspecified atom stereocenters. The normalized spacial score (nSPS) is 10.9. The standard InChI is InChI=1S/C6H10ClNO3/c1-4(9)8(7)6(2,3)5(10)11/h1-3H3,(H,10,11). The number of carboxylic acid groups (broad SMARTS) is 1. The Labute approximate surface area is 69.9 Å². The van der Waals surface area contributed by atoms with Crippen LogP contribution in [0.5, 0.6) is 0 Å². The minimum Gasteiger partial charge on any atom is -0.479 e. The monoisotopic (exact) mass is 179 g/mol. The van der Waals surface area contributed by atoms with Gasteiger partial charge in [-0.25, -0.2) is 9.21 Å². The van der Waals surface area contributed by atoms with E-state index in [9.17, 15) is 9.59 Å². The molecular weight excluding hydrogens is 170 g/mol. The van der Waals surface area contributed by atoms with E-state index in [1.54, 1.807) is 0 Å². The highest BCUT2D eigenvalue weighted by atomic mass is 35.5. The van der Waals surface area contributed by atoms with E-state index in [1.807, 2.05) is 0 Å². The lowest BCUT2D eigenvalue weighted by Crippen LogP contribution is -2.46. The van der Waals surface area contributed by atoms with Crippen LogP contribution >= 0.6 is 11.8 Å². The molecule has 0 atom stereocenters. The van der Waals surface area contributed by atoms with Gasteiger partial charge in [-0.2, -0.15) is 0 Å². The van der Waals surface area contributed by atoms with Crippen molar-refractivity contribution in [3.63, 3.8) is 0 Å². The van der Waals surface area contributed by atoms with Crippen LogP contribution in [-0.2, 0) is 9.59 Å². The number of hydrogen-bond donors (Lipinski definition) is 1. The van der Waals surface area contributed by atoms with E-state index in [0.29, 0.717) is 4.42 Å². The molecule has 11 heavy (non-hydrogen) atoms. The highest BCUT2D eigenvalue weighted by Gasteiger charge is 2.35. The van der Waals surface area contributed by atoms with Crippen molar-refractivity contribution in [3.05, 3.63) is 0 Å². The van der Waals surface area contributed by atoms with Gasteiger partial charge in [0.15, 0.2) is 5.54 Å². The lowest BCUT2D eigenvalue weighted by Gasteiger charge is -2.26. The van der Waals surface area contributed by atoms with Crippen LogP contribution in [0.15, 0.2) is 0 Å². The molecule has 64 valence electrons. The first kappa shape index (κ1) is 10.2. The van der Waals surface area contributed by atoms with Crippen molar-refractivity contribution >= 4 is 23.7 Å². The number of rotatable bonds is 2. The van der Waals surface area contributed by atoms with E-state index in [-0.39, 0.29) is 0 Å². The second-order valence-corrected chi connectivity index (χ2v) is 3.00. The van der Waals surface area contributed by atoms with Gasteiger partial charge in [-0.05, 0) is 13.8 Å². The number of carboxylic acids is 1. The Balaban J connectivity index is 4.55. The molecule has 0 spiro atoms. The Morgan fingerprint density at radius 1 is 1.45 bits per heavy atom. The maximum absolute atomic E-state index is 10.6. The maximum atomic E-state index is 10.6. The van der Waals surface area contributed by atoms with Crippen molar-refractivity contribution in [2.75, 3.05) is 0 Å². The van der Waals surface area contributed by atoms with Crippen molar-refractivity contribution < 1.29 is 14.7 Å². The Morgan fingerprint density at radius 3 is 1.91 bits per heavy atom. The van der Waals surface area contributed by atoms with E-state index in [4.69, 9.17) is 16.9 Å². The Hall–Kier alpha value is -0.770. The summed E-state index contributed by atoms with van der Waals surface area (Å²) >= 11 is 5.41. The fourth-order valence-corrected chi connectivity index (χ4v) is 0.550. The molecule has 5 heteroatoms. The third kappa shape index (κ3) is 2.08. The van der Waals surface area contributed by atoms with Crippen LogP contribution in [0.3, 0.4) is 0 Å². The number of halogens is 1. The zero-order valence-corrected chi connectivity index (χ0v) is 7.34. The lowest BCUT2D eigenvalue weighted by atomic mass is 10.1. The molecule has 0 radical (unpaired) electrons. The van der Waals surface area contributed by atoms with E-state index in [0.717, 1.165) is 0 Å². The van der Waals surface area contributed by atoms with Gasteiger partial charge in [0.2, 0.25) is 5.91 Å². The average Bonchev–Trinajstić information content (AvgIpc) is 1.85. The van der Waals surface area contributed by atoms with Gasteiger partial charge in [0.1, 0.15) is 0 Å². The van der Waals surface area contributed by atoms with Gasteiger partial charge >= 0.3 is 5.97 Å². The molecule has 1 N–H and O–H groups in total. The Morgan fingerprint density at radius 2 is 1.82 bits per heavy atom. The van der Waals surface area contributed by atoms with Gasteiger partial charge in [-0.15, -0.1) is 0 Å². The number of aliphatic carboxylic acids is 1. The van der Waals surface area contributed by atoms with Crippen molar-refractivity contribution in [1.29, 1.82) is 0 Å². The van der Waals surface area contributed by atoms with E-state index in [2.05, 4.69) is 0 Å². The quantitative estimate of drug-likeness (QED) is 0.640. The fourth-order valence-electron chi connectivity index (χ4n) is 0.478. The summed E-state index contributed by atoms with van der Waals surface area (Å²) in [5, 5.41) is 8.58. The molecule has 0 aliphatic carbocycles. The predicted molar refractivity (Wildman–Crippen MR) is 40.1 cm³/mol. The molecule has 0 bridgehead atoms. The zero-order chi connectivity index (χ0) is 9.23. The van der Waals surface area contributed by atoms with E-state index < -0.39 is 17.4 Å². The summed E-state index contributed by atoms with van der Waals surface area (Å²) in [5.74, 6) is -1.62. The number of carbonyl (C=O) groups is 2. The summed E-state index contributed by atoms with van der Waals surface area (Å²) in [7, 11) is 0. The van der Waals surface area contributed by atoms with Gasteiger partial charge in [0, 0.05) is 18.7 Å². The minimum atomic E-state index is -1.35.